The van der Waals surface area contributed by atoms with Crippen LogP contribution >= 0.6 is 23.2 Å². The number of nitrogens with two attached hydrogens (primary N) is 1. The maximum Gasteiger partial charge on any atom is 0.141 e. The molecule has 0 aliphatic rings. The van der Waals surface area contributed by atoms with E-state index < -0.39 is 0 Å². The summed E-state index contributed by atoms with van der Waals surface area (Å²) >= 11 is 12.2. The Morgan fingerprint density at radius 1 is 1.10 bits per heavy atom. The van der Waals surface area contributed by atoms with Crippen LogP contribution in [0.5, 0.6) is 5.75 Å². The van der Waals surface area contributed by atoms with E-state index >= 15 is 0 Å². The maximum absolute atomic E-state index is 6.21. The molecule has 2 rings (SSSR count). The normalized spacial score (nSPS) is 10.6. The fraction of sp³-hybridized carbons (Fsp3) is 0.250. The quantitative estimate of drug-likeness (QED) is 0.889. The van der Waals surface area contributed by atoms with E-state index in [1.54, 1.807) is 6.07 Å². The third-order valence-electron chi connectivity index (χ3n) is 3.00. The molecular weight excluding hydrogens is 293 g/mol. The van der Waals surface area contributed by atoms with Crippen molar-refractivity contribution in [3.05, 3.63) is 63.1 Å². The minimum atomic E-state index is 0.471. The van der Waals surface area contributed by atoms with Gasteiger partial charge in [0.1, 0.15) is 12.4 Å². The van der Waals surface area contributed by atoms with Crippen LogP contribution in [0.1, 0.15) is 16.7 Å². The lowest BCUT2D eigenvalue weighted by atomic mass is 10.1. The molecule has 0 aliphatic heterocycles. The monoisotopic (exact) mass is 309 g/mol. The summed E-state index contributed by atoms with van der Waals surface area (Å²) in [7, 11) is 0. The molecule has 4 heteroatoms. The fourth-order valence-electron chi connectivity index (χ4n) is 1.96. The molecule has 0 spiro atoms. The van der Waals surface area contributed by atoms with Gasteiger partial charge in [-0.1, -0.05) is 53.0 Å². The largest absolute Gasteiger partial charge is 0.487 e. The predicted octanol–water partition coefficient (Wildman–Crippen LogP) is 4.38. The average molecular weight is 310 g/mol. The molecule has 0 atom stereocenters. The number of aryl methyl sites for hydroxylation is 1. The number of hydrogen-bond acceptors (Lipinski definition) is 2. The van der Waals surface area contributed by atoms with Crippen molar-refractivity contribution in [2.45, 2.75) is 20.0 Å². The fourth-order valence-corrected chi connectivity index (χ4v) is 2.55. The van der Waals surface area contributed by atoms with Crippen LogP contribution in [-0.4, -0.2) is 6.54 Å². The highest BCUT2D eigenvalue weighted by Gasteiger charge is 2.10. The Bertz CT molecular complexity index is 582. The van der Waals surface area contributed by atoms with Crippen molar-refractivity contribution >= 4 is 23.2 Å². The van der Waals surface area contributed by atoms with Crippen LogP contribution in [0, 0.1) is 6.92 Å². The van der Waals surface area contributed by atoms with Crippen LogP contribution in [-0.2, 0) is 13.0 Å². The molecule has 0 saturated heterocycles. The van der Waals surface area contributed by atoms with Crippen molar-refractivity contribution in [2.24, 2.45) is 5.73 Å². The Morgan fingerprint density at radius 2 is 1.80 bits per heavy atom. The van der Waals surface area contributed by atoms with Crippen LogP contribution in [0.15, 0.2) is 36.4 Å². The van der Waals surface area contributed by atoms with Gasteiger partial charge in [0.25, 0.3) is 0 Å². The first kappa shape index (κ1) is 15.2. The van der Waals surface area contributed by atoms with Gasteiger partial charge in [0.2, 0.25) is 0 Å². The summed E-state index contributed by atoms with van der Waals surface area (Å²) in [5.41, 5.74) is 8.88. The van der Waals surface area contributed by atoms with Gasteiger partial charge in [-0.2, -0.15) is 0 Å². The first-order valence-electron chi connectivity index (χ1n) is 6.46. The molecule has 0 aromatic heterocycles. The summed E-state index contributed by atoms with van der Waals surface area (Å²) in [5.74, 6) is 0.669. The SMILES string of the molecule is Cc1ccc(COc2c(Cl)cc(Cl)cc2CCN)cc1. The van der Waals surface area contributed by atoms with Crippen molar-refractivity contribution in [1.82, 2.24) is 0 Å². The Labute approximate surface area is 129 Å². The minimum Gasteiger partial charge on any atom is -0.487 e. The van der Waals surface area contributed by atoms with Crippen molar-refractivity contribution < 1.29 is 4.74 Å². The van der Waals surface area contributed by atoms with E-state index in [1.165, 1.54) is 5.56 Å². The van der Waals surface area contributed by atoms with E-state index in [0.29, 0.717) is 35.4 Å². The van der Waals surface area contributed by atoms with Crippen molar-refractivity contribution in [1.29, 1.82) is 0 Å². The second kappa shape index (κ2) is 6.98. The van der Waals surface area contributed by atoms with E-state index in [9.17, 15) is 0 Å². The summed E-state index contributed by atoms with van der Waals surface area (Å²) < 4.78 is 5.86. The molecule has 0 heterocycles. The smallest absolute Gasteiger partial charge is 0.141 e. The van der Waals surface area contributed by atoms with Crippen LogP contribution in [0.2, 0.25) is 10.0 Å². The van der Waals surface area contributed by atoms with Gasteiger partial charge in [-0.05, 0) is 43.1 Å². The van der Waals surface area contributed by atoms with Crippen molar-refractivity contribution in [3.8, 4) is 5.75 Å². The Balaban J connectivity index is 2.17. The Hall–Kier alpha value is -1.22. The Kier molecular flexibility index (Phi) is 5.30. The summed E-state index contributed by atoms with van der Waals surface area (Å²) in [4.78, 5) is 0. The van der Waals surface area contributed by atoms with Gasteiger partial charge in [-0.15, -0.1) is 0 Å². The number of hydrogen-bond donors (Lipinski definition) is 1. The molecule has 2 aromatic rings. The van der Waals surface area contributed by atoms with Crippen LogP contribution in [0.25, 0.3) is 0 Å². The number of rotatable bonds is 5. The molecule has 0 saturated carbocycles. The van der Waals surface area contributed by atoms with Crippen LogP contribution in [0.3, 0.4) is 0 Å². The highest BCUT2D eigenvalue weighted by Crippen LogP contribution is 2.33. The van der Waals surface area contributed by atoms with Gasteiger partial charge in [0, 0.05) is 5.02 Å². The zero-order valence-corrected chi connectivity index (χ0v) is 12.8. The number of ether oxygens (including phenoxy) is 1. The lowest BCUT2D eigenvalue weighted by Gasteiger charge is -2.13. The van der Waals surface area contributed by atoms with Gasteiger partial charge in [0.05, 0.1) is 5.02 Å². The first-order chi connectivity index (χ1) is 9.60. The first-order valence-corrected chi connectivity index (χ1v) is 7.22. The average Bonchev–Trinajstić information content (AvgIpc) is 2.40. The van der Waals surface area contributed by atoms with E-state index in [2.05, 4.69) is 19.1 Å². The zero-order valence-electron chi connectivity index (χ0n) is 11.3. The second-order valence-corrected chi connectivity index (χ2v) is 5.53. The maximum atomic E-state index is 6.21. The van der Waals surface area contributed by atoms with E-state index in [0.717, 1.165) is 11.1 Å². The molecule has 0 radical (unpaired) electrons. The molecule has 2 aromatic carbocycles. The van der Waals surface area contributed by atoms with E-state index in [1.807, 2.05) is 18.2 Å². The molecule has 106 valence electrons. The second-order valence-electron chi connectivity index (χ2n) is 4.69. The molecular formula is C16H17Cl2NO. The van der Waals surface area contributed by atoms with Gasteiger partial charge >= 0.3 is 0 Å². The highest BCUT2D eigenvalue weighted by molar-refractivity contribution is 6.35. The molecule has 0 bridgehead atoms. The van der Waals surface area contributed by atoms with E-state index in [-0.39, 0.29) is 0 Å². The van der Waals surface area contributed by atoms with Gasteiger partial charge in [-0.25, -0.2) is 0 Å². The summed E-state index contributed by atoms with van der Waals surface area (Å²) in [6, 6.07) is 11.7. The molecule has 0 unspecified atom stereocenters. The topological polar surface area (TPSA) is 35.2 Å². The Morgan fingerprint density at radius 3 is 2.45 bits per heavy atom. The predicted molar refractivity (Wildman–Crippen MR) is 84.7 cm³/mol. The van der Waals surface area contributed by atoms with Gasteiger partial charge in [-0.3, -0.25) is 0 Å². The molecule has 0 fully saturated rings. The summed E-state index contributed by atoms with van der Waals surface area (Å²) in [5, 5.41) is 1.12. The zero-order chi connectivity index (χ0) is 14.5. The third kappa shape index (κ3) is 3.89. The van der Waals surface area contributed by atoms with Crippen LogP contribution < -0.4 is 10.5 Å². The summed E-state index contributed by atoms with van der Waals surface area (Å²) in [6.07, 6.45) is 0.684. The van der Waals surface area contributed by atoms with Gasteiger partial charge < -0.3 is 10.5 Å². The lowest BCUT2D eigenvalue weighted by molar-refractivity contribution is 0.303. The standard InChI is InChI=1S/C16H17Cl2NO/c1-11-2-4-12(5-3-11)10-20-16-13(6-7-19)8-14(17)9-15(16)18/h2-5,8-9H,6-7,10,19H2,1H3. The van der Waals surface area contributed by atoms with E-state index in [4.69, 9.17) is 33.7 Å². The number of benzene rings is 2. The molecule has 0 amide bonds. The van der Waals surface area contributed by atoms with Crippen molar-refractivity contribution in [2.75, 3.05) is 6.54 Å². The number of halogens is 2. The minimum absolute atomic E-state index is 0.471. The van der Waals surface area contributed by atoms with Crippen LogP contribution in [0.4, 0.5) is 0 Å². The molecule has 0 aliphatic carbocycles. The highest BCUT2D eigenvalue weighted by atomic mass is 35.5. The third-order valence-corrected chi connectivity index (χ3v) is 3.50. The summed E-state index contributed by atoms with van der Waals surface area (Å²) in [6.45, 7) is 3.05. The molecule has 20 heavy (non-hydrogen) atoms. The lowest BCUT2D eigenvalue weighted by Crippen LogP contribution is -2.06. The molecule has 2 N–H and O–H groups in total. The molecule has 2 nitrogen and oxygen atoms in total. The van der Waals surface area contributed by atoms with Crippen molar-refractivity contribution in [3.63, 3.8) is 0 Å². The van der Waals surface area contributed by atoms with Gasteiger partial charge in [0.15, 0.2) is 0 Å².